The first kappa shape index (κ1) is 17.5. The third kappa shape index (κ3) is 3.53. The Kier molecular flexibility index (Phi) is 4.80. The lowest BCUT2D eigenvalue weighted by Crippen LogP contribution is -2.33. The molecule has 1 unspecified atom stereocenters. The van der Waals surface area contributed by atoms with Crippen LogP contribution in [0.5, 0.6) is 0 Å². The Labute approximate surface area is 144 Å². The Morgan fingerprint density at radius 3 is 3.04 bits per heavy atom. The van der Waals surface area contributed by atoms with Crippen LogP contribution in [0, 0.1) is 17.1 Å². The summed E-state index contributed by atoms with van der Waals surface area (Å²) in [5.41, 5.74) is -0.322. The molecule has 0 saturated carbocycles. The molecule has 1 aromatic carbocycles. The number of sulfonamides is 1. The van der Waals surface area contributed by atoms with E-state index in [1.807, 2.05) is 0 Å². The maximum absolute atomic E-state index is 13.4. The molecule has 2 aromatic rings. The zero-order valence-corrected chi connectivity index (χ0v) is 14.3. The van der Waals surface area contributed by atoms with Crippen molar-refractivity contribution in [1.82, 2.24) is 19.5 Å². The highest BCUT2D eigenvalue weighted by Crippen LogP contribution is 2.26. The molecule has 0 radical (unpaired) electrons. The summed E-state index contributed by atoms with van der Waals surface area (Å²) >= 11 is 0. The van der Waals surface area contributed by atoms with Crippen LogP contribution in [0.15, 0.2) is 23.1 Å². The lowest BCUT2D eigenvalue weighted by atomic mass is 10.1. The molecule has 0 spiro atoms. The highest BCUT2D eigenvalue weighted by atomic mass is 32.2. The predicted octanol–water partition coefficient (Wildman–Crippen LogP) is 1.25. The number of methoxy groups -OCH3 is 1. The fourth-order valence-electron chi connectivity index (χ4n) is 2.71. The number of benzene rings is 1. The number of halogens is 1. The van der Waals surface area contributed by atoms with Gasteiger partial charge in [0.1, 0.15) is 24.3 Å². The van der Waals surface area contributed by atoms with Gasteiger partial charge in [-0.15, -0.1) is 0 Å². The number of fused-ring (bicyclic) bond motifs is 1. The summed E-state index contributed by atoms with van der Waals surface area (Å²) in [5, 5.41) is 13.2. The lowest BCUT2D eigenvalue weighted by Gasteiger charge is -2.23. The van der Waals surface area contributed by atoms with Gasteiger partial charge >= 0.3 is 0 Å². The highest BCUT2D eigenvalue weighted by Gasteiger charge is 2.29. The van der Waals surface area contributed by atoms with E-state index in [4.69, 9.17) is 10.00 Å². The van der Waals surface area contributed by atoms with Gasteiger partial charge in [-0.2, -0.15) is 10.4 Å². The molecule has 0 fully saturated rings. The Balaban J connectivity index is 1.89. The van der Waals surface area contributed by atoms with Gasteiger partial charge in [-0.1, -0.05) is 0 Å². The van der Waals surface area contributed by atoms with Crippen LogP contribution >= 0.6 is 0 Å². The van der Waals surface area contributed by atoms with Gasteiger partial charge in [0.2, 0.25) is 10.0 Å². The van der Waals surface area contributed by atoms with Crippen molar-refractivity contribution < 1.29 is 17.5 Å². The second-order valence-corrected chi connectivity index (χ2v) is 7.33. The molecule has 1 aromatic heterocycles. The average molecular weight is 365 g/mol. The summed E-state index contributed by atoms with van der Waals surface area (Å²) in [6, 6.07) is 4.20. The van der Waals surface area contributed by atoms with Crippen LogP contribution in [0.4, 0.5) is 4.39 Å². The molecule has 0 amide bonds. The second-order valence-electron chi connectivity index (χ2n) is 5.61. The van der Waals surface area contributed by atoms with Gasteiger partial charge in [-0.25, -0.2) is 27.2 Å². The molecule has 1 N–H and O–H groups in total. The average Bonchev–Trinajstić information content (AvgIpc) is 2.99. The molecule has 25 heavy (non-hydrogen) atoms. The van der Waals surface area contributed by atoms with Gasteiger partial charge in [0, 0.05) is 13.7 Å². The number of hydrogen-bond acceptors (Lipinski definition) is 6. The van der Waals surface area contributed by atoms with E-state index in [-0.39, 0.29) is 17.1 Å². The van der Waals surface area contributed by atoms with Gasteiger partial charge in [0.15, 0.2) is 5.82 Å². The zero-order chi connectivity index (χ0) is 18.0. The highest BCUT2D eigenvalue weighted by molar-refractivity contribution is 7.89. The number of aromatic nitrogens is 3. The van der Waals surface area contributed by atoms with Crippen LogP contribution in [-0.4, -0.2) is 30.3 Å². The van der Waals surface area contributed by atoms with Crippen LogP contribution in [0.2, 0.25) is 0 Å². The number of hydrogen-bond donors (Lipinski definition) is 1. The van der Waals surface area contributed by atoms with Gasteiger partial charge in [0.25, 0.3) is 0 Å². The normalized spacial score (nSPS) is 17.1. The minimum absolute atomic E-state index is 0.167. The van der Waals surface area contributed by atoms with Crippen molar-refractivity contribution in [2.75, 3.05) is 7.11 Å². The van der Waals surface area contributed by atoms with E-state index in [9.17, 15) is 12.8 Å². The molecule has 1 atom stereocenters. The molecule has 0 bridgehead atoms. The monoisotopic (exact) mass is 365 g/mol. The number of rotatable bonds is 5. The first-order chi connectivity index (χ1) is 11.9. The van der Waals surface area contributed by atoms with Gasteiger partial charge in [-0.3, -0.25) is 0 Å². The van der Waals surface area contributed by atoms with Crippen LogP contribution in [0.25, 0.3) is 0 Å². The second kappa shape index (κ2) is 6.87. The van der Waals surface area contributed by atoms with Crippen molar-refractivity contribution >= 4 is 10.0 Å². The fourth-order valence-corrected chi connectivity index (χ4v) is 3.97. The van der Waals surface area contributed by atoms with Crippen LogP contribution in [-0.2, 0) is 27.9 Å². The van der Waals surface area contributed by atoms with Crippen LogP contribution < -0.4 is 4.72 Å². The van der Waals surface area contributed by atoms with E-state index in [0.29, 0.717) is 24.6 Å². The molecule has 3 rings (SSSR count). The van der Waals surface area contributed by atoms with Gasteiger partial charge in [0.05, 0.1) is 16.5 Å². The number of nitrogens with zero attached hydrogens (tertiary/aromatic N) is 4. The summed E-state index contributed by atoms with van der Waals surface area (Å²) in [6.07, 6.45) is 1.31. The van der Waals surface area contributed by atoms with E-state index in [1.165, 1.54) is 7.11 Å². The molecule has 1 aliphatic heterocycles. The van der Waals surface area contributed by atoms with Crippen LogP contribution in [0.3, 0.4) is 0 Å². The summed E-state index contributed by atoms with van der Waals surface area (Å²) in [7, 11) is -2.41. The molecule has 10 heteroatoms. The Hall–Kier alpha value is -2.35. The Morgan fingerprint density at radius 1 is 1.52 bits per heavy atom. The molecule has 0 saturated heterocycles. The third-order valence-electron chi connectivity index (χ3n) is 3.86. The molecule has 8 nitrogen and oxygen atoms in total. The number of aryl methyl sites for hydroxylation is 1. The Morgan fingerprint density at radius 2 is 2.32 bits per heavy atom. The maximum Gasteiger partial charge on any atom is 0.241 e. The quantitative estimate of drug-likeness (QED) is 0.854. The molecular weight excluding hydrogens is 349 g/mol. The first-order valence-corrected chi connectivity index (χ1v) is 9.07. The van der Waals surface area contributed by atoms with E-state index < -0.39 is 21.9 Å². The van der Waals surface area contributed by atoms with Crippen molar-refractivity contribution in [3.05, 3.63) is 41.2 Å². The van der Waals surface area contributed by atoms with Crippen molar-refractivity contribution in [2.45, 2.75) is 36.9 Å². The largest absolute Gasteiger partial charge is 0.377 e. The topological polar surface area (TPSA) is 110 Å². The molecular formula is C15H16FN5O3S. The van der Waals surface area contributed by atoms with E-state index >= 15 is 0 Å². The van der Waals surface area contributed by atoms with Crippen molar-refractivity contribution in [3.63, 3.8) is 0 Å². The first-order valence-electron chi connectivity index (χ1n) is 7.59. The molecule has 0 aliphatic carbocycles. The fraction of sp³-hybridized carbons (Fsp3) is 0.400. The van der Waals surface area contributed by atoms with Gasteiger partial charge < -0.3 is 4.74 Å². The van der Waals surface area contributed by atoms with Gasteiger partial charge in [-0.05, 0) is 31.0 Å². The summed E-state index contributed by atoms with van der Waals surface area (Å²) < 4.78 is 47.9. The number of nitrogens with one attached hydrogen (secondary N) is 1. The predicted molar refractivity (Wildman–Crippen MR) is 84.1 cm³/mol. The standard InChI is InChI=1S/C15H16FN5O3S/c1-24-9-14-18-15-13(3-2-6-21(15)19-14)20-25(22,23)11-4-5-12(16)10(7-11)8-17/h4-5,7,13,20H,2-3,6,9H2,1H3. The van der Waals surface area contributed by atoms with E-state index in [2.05, 4.69) is 14.8 Å². The van der Waals surface area contributed by atoms with E-state index in [0.717, 1.165) is 24.6 Å². The van der Waals surface area contributed by atoms with Crippen molar-refractivity contribution in [3.8, 4) is 6.07 Å². The van der Waals surface area contributed by atoms with Crippen LogP contribution in [0.1, 0.15) is 36.1 Å². The summed E-state index contributed by atoms with van der Waals surface area (Å²) in [4.78, 5) is 4.17. The summed E-state index contributed by atoms with van der Waals surface area (Å²) in [6.45, 7) is 0.891. The maximum atomic E-state index is 13.4. The number of nitriles is 1. The minimum atomic E-state index is -3.94. The molecule has 132 valence electrons. The Bertz CT molecular complexity index is 935. The zero-order valence-electron chi connectivity index (χ0n) is 13.4. The smallest absolute Gasteiger partial charge is 0.241 e. The summed E-state index contributed by atoms with van der Waals surface area (Å²) in [5.74, 6) is 0.240. The SMILES string of the molecule is COCc1nc2n(n1)CCCC2NS(=O)(=O)c1ccc(F)c(C#N)c1. The third-order valence-corrected chi connectivity index (χ3v) is 5.33. The minimum Gasteiger partial charge on any atom is -0.377 e. The van der Waals surface area contributed by atoms with Crippen molar-refractivity contribution in [1.29, 1.82) is 5.26 Å². The van der Waals surface area contributed by atoms with Crippen molar-refractivity contribution in [2.24, 2.45) is 0 Å². The number of ether oxygens (including phenoxy) is 1. The lowest BCUT2D eigenvalue weighted by molar-refractivity contribution is 0.177. The van der Waals surface area contributed by atoms with E-state index in [1.54, 1.807) is 10.8 Å². The molecule has 2 heterocycles. The molecule has 1 aliphatic rings.